The summed E-state index contributed by atoms with van der Waals surface area (Å²) in [5.74, 6) is 1.02. The van der Waals surface area contributed by atoms with Gasteiger partial charge in [0, 0.05) is 30.5 Å². The van der Waals surface area contributed by atoms with Gasteiger partial charge in [0.2, 0.25) is 0 Å². The molecule has 1 aliphatic carbocycles. The van der Waals surface area contributed by atoms with Crippen molar-refractivity contribution >= 4 is 23.4 Å². The van der Waals surface area contributed by atoms with E-state index in [4.69, 9.17) is 4.99 Å². The number of nitrogens with one attached hydrogen (secondary N) is 1. The van der Waals surface area contributed by atoms with Crippen LogP contribution in [0.5, 0.6) is 0 Å². The molecule has 1 atom stereocenters. The third-order valence-electron chi connectivity index (χ3n) is 5.37. The minimum atomic E-state index is 0.0267. The van der Waals surface area contributed by atoms with Crippen molar-refractivity contribution < 1.29 is 4.79 Å². The standard InChI is InChI=1S/C22H31N3OS/c1-16-8-7-9-17(2)19(14-16)20-15-27-21(18(3)24-20)22(26)23-10-13-25-11-5-4-6-12-25/h7-9,14,19H,4-6,10-13,15H2,1-3H3,(H,23,26). The van der Waals surface area contributed by atoms with E-state index in [2.05, 4.69) is 48.4 Å². The summed E-state index contributed by atoms with van der Waals surface area (Å²) in [6, 6.07) is 0. The van der Waals surface area contributed by atoms with Gasteiger partial charge in [-0.3, -0.25) is 9.79 Å². The Morgan fingerprint density at radius 1 is 1.26 bits per heavy atom. The van der Waals surface area contributed by atoms with Crippen molar-refractivity contribution in [3.05, 3.63) is 46.1 Å². The van der Waals surface area contributed by atoms with Crippen molar-refractivity contribution in [2.45, 2.75) is 40.0 Å². The Morgan fingerprint density at radius 2 is 2.04 bits per heavy atom. The van der Waals surface area contributed by atoms with E-state index in [-0.39, 0.29) is 11.8 Å². The van der Waals surface area contributed by atoms with Gasteiger partial charge in [-0.2, -0.15) is 0 Å². The number of rotatable bonds is 5. The second-order valence-electron chi connectivity index (χ2n) is 7.62. The van der Waals surface area contributed by atoms with Gasteiger partial charge in [0.1, 0.15) is 0 Å². The zero-order chi connectivity index (χ0) is 19.2. The van der Waals surface area contributed by atoms with Crippen LogP contribution in [0.25, 0.3) is 0 Å². The monoisotopic (exact) mass is 385 g/mol. The zero-order valence-corrected chi connectivity index (χ0v) is 17.6. The van der Waals surface area contributed by atoms with Gasteiger partial charge in [0.05, 0.1) is 10.6 Å². The normalized spacial score (nSPS) is 24.1. The van der Waals surface area contributed by atoms with Crippen molar-refractivity contribution in [3.8, 4) is 0 Å². The Morgan fingerprint density at radius 3 is 2.78 bits per heavy atom. The molecule has 1 N–H and O–H groups in total. The molecule has 27 heavy (non-hydrogen) atoms. The van der Waals surface area contributed by atoms with Crippen molar-refractivity contribution in [1.82, 2.24) is 10.2 Å². The first-order valence-electron chi connectivity index (χ1n) is 9.99. The molecule has 3 aliphatic rings. The number of carbonyl (C=O) groups is 1. The Kier molecular flexibility index (Phi) is 7.13. The van der Waals surface area contributed by atoms with Crippen molar-refractivity contribution in [2.24, 2.45) is 10.9 Å². The SMILES string of the molecule is CC1=CC(C2=NC(C)=C(C(=O)NCCN3CCCCC3)SC2)C(C)=CC=C1. The highest BCUT2D eigenvalue weighted by Gasteiger charge is 2.24. The Bertz CT molecular complexity index is 724. The Labute approximate surface area is 167 Å². The van der Waals surface area contributed by atoms with E-state index in [0.717, 1.165) is 41.7 Å². The summed E-state index contributed by atoms with van der Waals surface area (Å²) in [7, 11) is 0. The summed E-state index contributed by atoms with van der Waals surface area (Å²) in [4.78, 5) is 20.6. The zero-order valence-electron chi connectivity index (χ0n) is 16.8. The number of thioether (sulfide) groups is 1. The van der Waals surface area contributed by atoms with Crippen LogP contribution in [0, 0.1) is 5.92 Å². The van der Waals surface area contributed by atoms with E-state index in [0.29, 0.717) is 6.54 Å². The molecule has 5 heteroatoms. The maximum absolute atomic E-state index is 12.6. The highest BCUT2D eigenvalue weighted by molar-refractivity contribution is 8.04. The molecule has 1 fully saturated rings. The molecule has 0 spiro atoms. The van der Waals surface area contributed by atoms with Gasteiger partial charge in [0.15, 0.2) is 0 Å². The highest BCUT2D eigenvalue weighted by atomic mass is 32.2. The van der Waals surface area contributed by atoms with Crippen LogP contribution in [0.3, 0.4) is 0 Å². The van der Waals surface area contributed by atoms with Gasteiger partial charge in [-0.1, -0.05) is 41.9 Å². The fourth-order valence-electron chi connectivity index (χ4n) is 3.79. The lowest BCUT2D eigenvalue weighted by Crippen LogP contribution is -2.38. The predicted octanol–water partition coefficient (Wildman–Crippen LogP) is 4.09. The summed E-state index contributed by atoms with van der Waals surface area (Å²) >= 11 is 1.62. The second kappa shape index (κ2) is 9.56. The quantitative estimate of drug-likeness (QED) is 0.775. The first-order chi connectivity index (χ1) is 13.0. The number of nitrogens with zero attached hydrogens (tertiary/aromatic N) is 2. The lowest BCUT2D eigenvalue weighted by molar-refractivity contribution is -0.116. The highest BCUT2D eigenvalue weighted by Crippen LogP contribution is 2.31. The maximum Gasteiger partial charge on any atom is 0.259 e. The lowest BCUT2D eigenvalue weighted by atomic mass is 9.94. The first-order valence-corrected chi connectivity index (χ1v) is 11.0. The molecule has 2 heterocycles. The topological polar surface area (TPSA) is 44.7 Å². The summed E-state index contributed by atoms with van der Waals surface area (Å²) in [6.45, 7) is 10.2. The molecule has 1 saturated heterocycles. The number of hydrogen-bond acceptors (Lipinski definition) is 4. The van der Waals surface area contributed by atoms with Gasteiger partial charge in [-0.05, 0) is 46.7 Å². The largest absolute Gasteiger partial charge is 0.350 e. The van der Waals surface area contributed by atoms with E-state index >= 15 is 0 Å². The van der Waals surface area contributed by atoms with Crippen LogP contribution < -0.4 is 5.32 Å². The molecule has 0 bridgehead atoms. The van der Waals surface area contributed by atoms with E-state index in [1.165, 1.54) is 30.4 Å². The van der Waals surface area contributed by atoms with Crippen LogP contribution in [-0.4, -0.2) is 48.5 Å². The van der Waals surface area contributed by atoms with E-state index in [1.807, 2.05) is 6.92 Å². The van der Waals surface area contributed by atoms with Crippen LogP contribution in [-0.2, 0) is 4.79 Å². The average molecular weight is 386 g/mol. The first kappa shape index (κ1) is 20.2. The molecule has 4 nitrogen and oxygen atoms in total. The number of likely N-dealkylation sites (tertiary alicyclic amines) is 1. The van der Waals surface area contributed by atoms with Crippen molar-refractivity contribution in [2.75, 3.05) is 31.9 Å². The van der Waals surface area contributed by atoms with Crippen LogP contribution in [0.2, 0.25) is 0 Å². The van der Waals surface area contributed by atoms with E-state index < -0.39 is 0 Å². The molecule has 0 aromatic rings. The van der Waals surface area contributed by atoms with Gasteiger partial charge in [-0.25, -0.2) is 0 Å². The van der Waals surface area contributed by atoms with E-state index in [1.54, 1.807) is 11.8 Å². The van der Waals surface area contributed by atoms with Crippen LogP contribution >= 0.6 is 11.8 Å². The number of allylic oxidation sites excluding steroid dienone is 7. The lowest BCUT2D eigenvalue weighted by Gasteiger charge is -2.26. The molecule has 3 rings (SSSR count). The molecule has 0 saturated carbocycles. The summed E-state index contributed by atoms with van der Waals surface area (Å²) in [6.07, 6.45) is 12.6. The summed E-state index contributed by atoms with van der Waals surface area (Å²) in [5.41, 5.74) is 4.53. The summed E-state index contributed by atoms with van der Waals surface area (Å²) in [5, 5.41) is 3.09. The third-order valence-corrected chi connectivity index (χ3v) is 6.58. The molecule has 0 aromatic heterocycles. The summed E-state index contributed by atoms with van der Waals surface area (Å²) < 4.78 is 0. The minimum Gasteiger partial charge on any atom is -0.350 e. The Hall–Kier alpha value is -1.59. The van der Waals surface area contributed by atoms with Crippen molar-refractivity contribution in [3.63, 3.8) is 0 Å². The van der Waals surface area contributed by atoms with Crippen LogP contribution in [0.15, 0.2) is 51.0 Å². The molecule has 146 valence electrons. The van der Waals surface area contributed by atoms with Gasteiger partial charge >= 0.3 is 0 Å². The fraction of sp³-hybridized carbons (Fsp3) is 0.545. The van der Waals surface area contributed by atoms with Crippen LogP contribution in [0.1, 0.15) is 40.0 Å². The second-order valence-corrected chi connectivity index (χ2v) is 8.61. The number of carbonyl (C=O) groups excluding carboxylic acids is 1. The molecule has 0 aromatic carbocycles. The van der Waals surface area contributed by atoms with Gasteiger partial charge in [0.25, 0.3) is 5.91 Å². The van der Waals surface area contributed by atoms with Gasteiger partial charge < -0.3 is 10.2 Å². The molecule has 1 amide bonds. The maximum atomic E-state index is 12.6. The smallest absolute Gasteiger partial charge is 0.259 e. The number of aliphatic imine (C=N–C) groups is 1. The number of piperidine rings is 1. The van der Waals surface area contributed by atoms with Crippen LogP contribution in [0.4, 0.5) is 0 Å². The van der Waals surface area contributed by atoms with Crippen molar-refractivity contribution in [1.29, 1.82) is 0 Å². The predicted molar refractivity (Wildman–Crippen MR) is 116 cm³/mol. The third kappa shape index (κ3) is 5.45. The fourth-order valence-corrected chi connectivity index (χ4v) is 4.79. The van der Waals surface area contributed by atoms with E-state index in [9.17, 15) is 4.79 Å². The Balaban J connectivity index is 1.61. The minimum absolute atomic E-state index is 0.0267. The average Bonchev–Trinajstić information content (AvgIpc) is 2.83. The molecule has 1 unspecified atom stereocenters. The van der Waals surface area contributed by atoms with Gasteiger partial charge in [-0.15, -0.1) is 11.8 Å². The molecular weight excluding hydrogens is 354 g/mol. The molecular formula is C22H31N3OS. The number of hydrogen-bond donors (Lipinski definition) is 1. The molecule has 0 radical (unpaired) electrons. The number of amides is 1. The molecule has 2 aliphatic heterocycles.